The van der Waals surface area contributed by atoms with E-state index in [0.29, 0.717) is 5.11 Å². The van der Waals surface area contributed by atoms with Gasteiger partial charge >= 0.3 is 0 Å². The van der Waals surface area contributed by atoms with Crippen LogP contribution in [0.1, 0.15) is 37.7 Å². The molecule has 5 rings (SSSR count). The lowest BCUT2D eigenvalue weighted by Crippen LogP contribution is -2.46. The van der Waals surface area contributed by atoms with Crippen LogP contribution in [0, 0.1) is 0 Å². The smallest absolute Gasteiger partial charge is 0.170 e. The van der Waals surface area contributed by atoms with Gasteiger partial charge in [-0.3, -0.25) is 0 Å². The van der Waals surface area contributed by atoms with Crippen molar-refractivity contribution in [3.05, 3.63) is 83.5 Å². The lowest BCUT2D eigenvalue weighted by Gasteiger charge is -2.38. The topological polar surface area (TPSA) is 43.4 Å². The molecule has 3 aromatic rings. The molecular weight excluding hydrogens is 486 g/mol. The van der Waals surface area contributed by atoms with Crippen molar-refractivity contribution in [1.82, 2.24) is 10.3 Å². The molecule has 0 atom stereocenters. The maximum Gasteiger partial charge on any atom is 0.170 e. The van der Waals surface area contributed by atoms with Gasteiger partial charge in [0, 0.05) is 48.8 Å². The fourth-order valence-corrected chi connectivity index (χ4v) is 5.90. The molecule has 188 valence electrons. The summed E-state index contributed by atoms with van der Waals surface area (Å²) in [5, 5.41) is 8.25. The minimum absolute atomic E-state index is 0.0683. The first-order valence-corrected chi connectivity index (χ1v) is 13.7. The van der Waals surface area contributed by atoms with Crippen molar-refractivity contribution < 1.29 is 0 Å². The number of benzene rings is 2. The quantitative estimate of drug-likeness (QED) is 0.375. The van der Waals surface area contributed by atoms with Crippen LogP contribution in [0.5, 0.6) is 0 Å². The Morgan fingerprint density at radius 2 is 1.64 bits per heavy atom. The first-order chi connectivity index (χ1) is 17.6. The van der Waals surface area contributed by atoms with Crippen molar-refractivity contribution in [2.24, 2.45) is 0 Å². The molecule has 36 heavy (non-hydrogen) atoms. The first-order valence-electron chi connectivity index (χ1n) is 12.9. The molecule has 1 aliphatic heterocycles. The molecule has 1 saturated carbocycles. The molecule has 1 aliphatic carbocycles. The van der Waals surface area contributed by atoms with Crippen molar-refractivity contribution in [2.75, 3.05) is 47.8 Å². The molecule has 5 nitrogen and oxygen atoms in total. The van der Waals surface area contributed by atoms with Gasteiger partial charge in [-0.2, -0.15) is 0 Å². The number of rotatable bonds is 6. The summed E-state index contributed by atoms with van der Waals surface area (Å²) >= 11 is 12.0. The van der Waals surface area contributed by atoms with Gasteiger partial charge in [0.15, 0.2) is 5.11 Å². The van der Waals surface area contributed by atoms with E-state index < -0.39 is 0 Å². The summed E-state index contributed by atoms with van der Waals surface area (Å²) in [4.78, 5) is 9.49. The number of halogens is 1. The first kappa shape index (κ1) is 24.8. The number of pyridine rings is 1. The van der Waals surface area contributed by atoms with Crippen molar-refractivity contribution >= 4 is 46.1 Å². The third-order valence-electron chi connectivity index (χ3n) is 7.57. The average molecular weight is 520 g/mol. The molecule has 2 aliphatic rings. The molecule has 2 N–H and O–H groups in total. The predicted molar refractivity (Wildman–Crippen MR) is 156 cm³/mol. The van der Waals surface area contributed by atoms with Gasteiger partial charge in [0.25, 0.3) is 0 Å². The minimum Gasteiger partial charge on any atom is -0.368 e. The normalized spacial score (nSPS) is 17.5. The Bertz CT molecular complexity index is 1140. The Morgan fingerprint density at radius 1 is 0.889 bits per heavy atom. The Kier molecular flexibility index (Phi) is 7.93. The highest BCUT2D eigenvalue weighted by molar-refractivity contribution is 7.80. The van der Waals surface area contributed by atoms with Crippen LogP contribution >= 0.6 is 23.8 Å². The van der Waals surface area contributed by atoms with Gasteiger partial charge < -0.3 is 20.4 Å². The second-order valence-electron chi connectivity index (χ2n) is 9.87. The number of para-hydroxylation sites is 1. The van der Waals surface area contributed by atoms with Crippen LogP contribution in [-0.4, -0.2) is 42.8 Å². The molecule has 1 saturated heterocycles. The molecule has 1 aromatic heterocycles. The SMILES string of the molecule is S=C(NCC1(c2cccc(Cl)c2)CCCCC1)Nc1ccc(N2CCN(c3ccccc3)CC2)nc1. The Labute approximate surface area is 224 Å². The maximum absolute atomic E-state index is 6.33. The van der Waals surface area contributed by atoms with Crippen LogP contribution < -0.4 is 20.4 Å². The largest absolute Gasteiger partial charge is 0.368 e. The number of anilines is 3. The highest BCUT2D eigenvalue weighted by Crippen LogP contribution is 2.39. The van der Waals surface area contributed by atoms with Crippen molar-refractivity contribution in [1.29, 1.82) is 0 Å². The van der Waals surface area contributed by atoms with E-state index in [2.05, 4.69) is 81.1 Å². The van der Waals surface area contributed by atoms with Crippen molar-refractivity contribution in [3.63, 3.8) is 0 Å². The zero-order valence-electron chi connectivity index (χ0n) is 20.6. The molecule has 0 bridgehead atoms. The summed E-state index contributed by atoms with van der Waals surface area (Å²) in [7, 11) is 0. The molecule has 0 amide bonds. The van der Waals surface area contributed by atoms with E-state index in [1.165, 1.54) is 30.5 Å². The fraction of sp³-hybridized carbons (Fsp3) is 0.379. The van der Waals surface area contributed by atoms with E-state index in [1.807, 2.05) is 12.3 Å². The predicted octanol–water partition coefficient (Wildman–Crippen LogP) is 6.25. The molecule has 2 aromatic carbocycles. The molecule has 2 heterocycles. The zero-order valence-corrected chi connectivity index (χ0v) is 22.2. The van der Waals surface area contributed by atoms with E-state index in [0.717, 1.165) is 62.1 Å². The summed E-state index contributed by atoms with van der Waals surface area (Å²) in [6.45, 7) is 4.71. The van der Waals surface area contributed by atoms with E-state index >= 15 is 0 Å². The van der Waals surface area contributed by atoms with Crippen LogP contribution in [0.4, 0.5) is 17.2 Å². The molecule has 2 fully saturated rings. The molecule has 0 spiro atoms. The number of piperazine rings is 1. The van der Waals surface area contributed by atoms with Gasteiger partial charge in [0.05, 0.1) is 11.9 Å². The molecule has 0 unspecified atom stereocenters. The summed E-state index contributed by atoms with van der Waals surface area (Å²) < 4.78 is 0. The van der Waals surface area contributed by atoms with Gasteiger partial charge in [0.2, 0.25) is 0 Å². The molecule has 0 radical (unpaired) electrons. The van der Waals surface area contributed by atoms with Gasteiger partial charge in [-0.05, 0) is 67.0 Å². The van der Waals surface area contributed by atoms with Crippen LogP contribution in [0.2, 0.25) is 5.02 Å². The summed E-state index contributed by atoms with van der Waals surface area (Å²) in [5.41, 5.74) is 3.57. The zero-order chi connectivity index (χ0) is 24.8. The number of hydrogen-bond acceptors (Lipinski definition) is 4. The van der Waals surface area contributed by atoms with Gasteiger partial charge in [-0.15, -0.1) is 0 Å². The second kappa shape index (κ2) is 11.5. The van der Waals surface area contributed by atoms with E-state index in [4.69, 9.17) is 28.8 Å². The number of hydrogen-bond donors (Lipinski definition) is 2. The summed E-state index contributed by atoms with van der Waals surface area (Å²) in [6.07, 6.45) is 7.94. The van der Waals surface area contributed by atoms with Crippen LogP contribution in [0.15, 0.2) is 72.9 Å². The number of aromatic nitrogens is 1. The maximum atomic E-state index is 6.33. The highest BCUT2D eigenvalue weighted by Gasteiger charge is 2.34. The Balaban J connectivity index is 1.15. The Morgan fingerprint density at radius 3 is 2.33 bits per heavy atom. The van der Waals surface area contributed by atoms with E-state index in [-0.39, 0.29) is 5.41 Å². The van der Waals surface area contributed by atoms with Crippen LogP contribution in [0.3, 0.4) is 0 Å². The minimum atomic E-state index is 0.0683. The fourth-order valence-electron chi connectivity index (χ4n) is 5.52. The van der Waals surface area contributed by atoms with Crippen LogP contribution in [0.25, 0.3) is 0 Å². The summed E-state index contributed by atoms with van der Waals surface area (Å²) in [6, 6.07) is 23.1. The average Bonchev–Trinajstić information content (AvgIpc) is 2.93. The number of nitrogens with one attached hydrogen (secondary N) is 2. The van der Waals surface area contributed by atoms with Gasteiger partial charge in [-0.25, -0.2) is 4.98 Å². The molecular formula is C29H34ClN5S. The Hall–Kier alpha value is -2.83. The van der Waals surface area contributed by atoms with Crippen molar-refractivity contribution in [2.45, 2.75) is 37.5 Å². The molecule has 7 heteroatoms. The lowest BCUT2D eigenvalue weighted by molar-refractivity contribution is 0.292. The third-order valence-corrected chi connectivity index (χ3v) is 8.05. The third kappa shape index (κ3) is 5.93. The monoisotopic (exact) mass is 519 g/mol. The van der Waals surface area contributed by atoms with Crippen molar-refractivity contribution in [3.8, 4) is 0 Å². The van der Waals surface area contributed by atoms with Gasteiger partial charge in [0.1, 0.15) is 5.82 Å². The second-order valence-corrected chi connectivity index (χ2v) is 10.7. The number of thiocarbonyl (C=S) groups is 1. The van der Waals surface area contributed by atoms with E-state index in [1.54, 1.807) is 0 Å². The lowest BCUT2D eigenvalue weighted by atomic mass is 9.69. The standard InChI is InChI=1S/C29H34ClN5S/c30-24-9-7-8-23(20-24)29(14-5-2-6-15-29)22-32-28(36)33-25-12-13-27(31-21-25)35-18-16-34(17-19-35)26-10-3-1-4-11-26/h1,3-4,7-13,20-21H,2,5-6,14-19,22H2,(H2,32,33,36). The highest BCUT2D eigenvalue weighted by atomic mass is 35.5. The summed E-state index contributed by atoms with van der Waals surface area (Å²) in [5.74, 6) is 1.01. The number of nitrogens with zero attached hydrogens (tertiary/aromatic N) is 3. The van der Waals surface area contributed by atoms with E-state index in [9.17, 15) is 0 Å². The van der Waals surface area contributed by atoms with Crippen LogP contribution in [-0.2, 0) is 5.41 Å². The van der Waals surface area contributed by atoms with Gasteiger partial charge in [-0.1, -0.05) is 61.2 Å².